The molecule has 0 spiro atoms. The van der Waals surface area contributed by atoms with Crippen LogP contribution in [0.25, 0.3) is 0 Å². The molecule has 0 aromatic heterocycles. The maximum Gasteiger partial charge on any atom is 0.125 e. The number of benzene rings is 2. The quantitative estimate of drug-likeness (QED) is 0.726. The minimum absolute atomic E-state index is 0.0956. The van der Waals surface area contributed by atoms with Crippen LogP contribution in [0, 0.1) is 0 Å². The monoisotopic (exact) mass is 352 g/mol. The first-order chi connectivity index (χ1) is 12.6. The van der Waals surface area contributed by atoms with Crippen LogP contribution in [-0.4, -0.2) is 49.6 Å². The van der Waals surface area contributed by atoms with Crippen LogP contribution in [-0.2, 0) is 0 Å². The number of hydrogen-bond acceptors (Lipinski definition) is 3. The van der Waals surface area contributed by atoms with Gasteiger partial charge in [-0.25, -0.2) is 0 Å². The molecule has 3 heteroatoms. The molecule has 1 atom stereocenters. The van der Waals surface area contributed by atoms with Crippen molar-refractivity contribution < 1.29 is 4.74 Å². The first-order valence-electron chi connectivity index (χ1n) is 9.84. The summed E-state index contributed by atoms with van der Waals surface area (Å²) in [6, 6.07) is 19.2. The lowest BCUT2D eigenvalue weighted by Crippen LogP contribution is -2.45. The van der Waals surface area contributed by atoms with Crippen LogP contribution < -0.4 is 4.74 Å². The van der Waals surface area contributed by atoms with E-state index in [1.165, 1.54) is 11.1 Å². The Morgan fingerprint density at radius 3 is 2.27 bits per heavy atom. The largest absolute Gasteiger partial charge is 0.486 e. The van der Waals surface area contributed by atoms with Crippen molar-refractivity contribution in [1.82, 2.24) is 9.80 Å². The molecule has 0 N–H and O–H groups in total. The summed E-state index contributed by atoms with van der Waals surface area (Å²) in [6.07, 6.45) is 1.11. The van der Waals surface area contributed by atoms with Crippen molar-refractivity contribution >= 4 is 0 Å². The molecule has 1 aliphatic heterocycles. The molecule has 0 saturated carbocycles. The Morgan fingerprint density at radius 1 is 0.885 bits per heavy atom. The highest BCUT2D eigenvalue weighted by molar-refractivity contribution is 5.31. The van der Waals surface area contributed by atoms with Gasteiger partial charge in [-0.2, -0.15) is 0 Å². The van der Waals surface area contributed by atoms with Gasteiger partial charge in [0.2, 0.25) is 0 Å². The van der Waals surface area contributed by atoms with E-state index in [-0.39, 0.29) is 6.10 Å². The van der Waals surface area contributed by atoms with E-state index in [1.807, 2.05) is 0 Å². The fourth-order valence-electron chi connectivity index (χ4n) is 3.44. The van der Waals surface area contributed by atoms with Crippen molar-refractivity contribution in [2.24, 2.45) is 0 Å². The van der Waals surface area contributed by atoms with E-state index in [1.54, 1.807) is 0 Å². The smallest absolute Gasteiger partial charge is 0.125 e. The second-order valence-electron chi connectivity index (χ2n) is 7.68. The first-order valence-corrected chi connectivity index (χ1v) is 9.84. The highest BCUT2D eigenvalue weighted by atomic mass is 16.5. The topological polar surface area (TPSA) is 15.7 Å². The number of likely N-dealkylation sites (N-methyl/N-ethyl adjacent to an activating group) is 1. The zero-order valence-corrected chi connectivity index (χ0v) is 16.4. The lowest BCUT2D eigenvalue weighted by Gasteiger charge is -2.33. The average Bonchev–Trinajstić information content (AvgIpc) is 2.67. The third-order valence-corrected chi connectivity index (χ3v) is 5.28. The van der Waals surface area contributed by atoms with Gasteiger partial charge in [0, 0.05) is 39.1 Å². The number of hydrogen-bond donors (Lipinski definition) is 0. The fraction of sp³-hybridized carbons (Fsp3) is 0.478. The predicted molar refractivity (Wildman–Crippen MR) is 109 cm³/mol. The molecule has 1 heterocycles. The molecule has 3 rings (SSSR count). The standard InChI is InChI=1S/C23H32N2O/c1-19(2)21-10-7-11-22(18-21)26-23(20-8-5-4-6-9-20)12-13-25-16-14-24(3)15-17-25/h4-11,18-19,23H,12-17H2,1-3H3/t23-/m0/s1. The van der Waals surface area contributed by atoms with Gasteiger partial charge in [-0.05, 0) is 36.2 Å². The number of rotatable bonds is 7. The Kier molecular flexibility index (Phi) is 6.70. The Balaban J connectivity index is 1.69. The summed E-state index contributed by atoms with van der Waals surface area (Å²) in [6.45, 7) is 10.2. The highest BCUT2D eigenvalue weighted by Gasteiger charge is 2.18. The van der Waals surface area contributed by atoms with Gasteiger partial charge in [-0.15, -0.1) is 0 Å². The number of piperazine rings is 1. The minimum atomic E-state index is 0.0956. The molecule has 0 bridgehead atoms. The summed E-state index contributed by atoms with van der Waals surface area (Å²) in [7, 11) is 2.20. The van der Waals surface area contributed by atoms with Gasteiger partial charge < -0.3 is 14.5 Å². The normalized spacial score (nSPS) is 17.4. The summed E-state index contributed by atoms with van der Waals surface area (Å²) in [5, 5.41) is 0. The fourth-order valence-corrected chi connectivity index (χ4v) is 3.44. The lowest BCUT2D eigenvalue weighted by atomic mass is 10.0. The zero-order valence-electron chi connectivity index (χ0n) is 16.4. The molecule has 0 amide bonds. The van der Waals surface area contributed by atoms with E-state index < -0.39 is 0 Å². The van der Waals surface area contributed by atoms with Gasteiger partial charge in [0.15, 0.2) is 0 Å². The van der Waals surface area contributed by atoms with Crippen LogP contribution in [0.2, 0.25) is 0 Å². The van der Waals surface area contributed by atoms with E-state index >= 15 is 0 Å². The van der Waals surface area contributed by atoms with Crippen LogP contribution in [0.1, 0.15) is 43.4 Å². The van der Waals surface area contributed by atoms with Crippen LogP contribution in [0.15, 0.2) is 54.6 Å². The lowest BCUT2D eigenvalue weighted by molar-refractivity contribution is 0.123. The molecule has 140 valence electrons. The van der Waals surface area contributed by atoms with Crippen molar-refractivity contribution in [2.75, 3.05) is 39.8 Å². The summed E-state index contributed by atoms with van der Waals surface area (Å²) >= 11 is 0. The molecular formula is C23H32N2O. The molecule has 1 saturated heterocycles. The molecule has 26 heavy (non-hydrogen) atoms. The second-order valence-corrected chi connectivity index (χ2v) is 7.68. The summed E-state index contributed by atoms with van der Waals surface area (Å²) < 4.78 is 6.47. The third-order valence-electron chi connectivity index (χ3n) is 5.28. The molecule has 0 radical (unpaired) electrons. The summed E-state index contributed by atoms with van der Waals surface area (Å²) in [4.78, 5) is 4.96. The van der Waals surface area contributed by atoms with Crippen LogP contribution in [0.4, 0.5) is 0 Å². The predicted octanol–water partition coefficient (Wildman–Crippen LogP) is 4.57. The summed E-state index contributed by atoms with van der Waals surface area (Å²) in [5.74, 6) is 1.49. The van der Waals surface area contributed by atoms with Crippen molar-refractivity contribution in [1.29, 1.82) is 0 Å². The SMILES string of the molecule is CC(C)c1cccc(O[C@@H](CCN2CCN(C)CC2)c2ccccc2)c1. The van der Waals surface area contributed by atoms with Gasteiger partial charge in [0.25, 0.3) is 0 Å². The van der Waals surface area contributed by atoms with Crippen LogP contribution in [0.3, 0.4) is 0 Å². The van der Waals surface area contributed by atoms with E-state index in [2.05, 4.69) is 85.3 Å². The molecule has 2 aromatic carbocycles. The third kappa shape index (κ3) is 5.33. The molecule has 2 aromatic rings. The van der Waals surface area contributed by atoms with Crippen molar-refractivity contribution in [3.8, 4) is 5.75 Å². The number of nitrogens with zero attached hydrogens (tertiary/aromatic N) is 2. The van der Waals surface area contributed by atoms with Gasteiger partial charge in [0.05, 0.1) is 0 Å². The highest BCUT2D eigenvalue weighted by Crippen LogP contribution is 2.27. The van der Waals surface area contributed by atoms with Crippen molar-refractivity contribution in [3.05, 3.63) is 65.7 Å². The van der Waals surface area contributed by atoms with Crippen molar-refractivity contribution in [3.63, 3.8) is 0 Å². The Labute approximate surface area is 158 Å². The maximum absolute atomic E-state index is 6.47. The van der Waals surface area contributed by atoms with Gasteiger partial charge in [0.1, 0.15) is 11.9 Å². The Morgan fingerprint density at radius 2 is 1.58 bits per heavy atom. The van der Waals surface area contributed by atoms with E-state index in [4.69, 9.17) is 4.74 Å². The molecule has 0 unspecified atom stereocenters. The molecule has 3 nitrogen and oxygen atoms in total. The van der Waals surface area contributed by atoms with Crippen LogP contribution >= 0.6 is 0 Å². The van der Waals surface area contributed by atoms with E-state index in [9.17, 15) is 0 Å². The first kappa shape index (κ1) is 18.9. The molecule has 1 fully saturated rings. The second kappa shape index (κ2) is 9.20. The van der Waals surface area contributed by atoms with Gasteiger partial charge in [-0.3, -0.25) is 0 Å². The Hall–Kier alpha value is -1.84. The average molecular weight is 353 g/mol. The molecule has 0 aliphatic carbocycles. The van der Waals surface area contributed by atoms with E-state index in [0.29, 0.717) is 5.92 Å². The van der Waals surface area contributed by atoms with E-state index in [0.717, 1.165) is 44.9 Å². The minimum Gasteiger partial charge on any atom is -0.486 e. The van der Waals surface area contributed by atoms with Crippen LogP contribution in [0.5, 0.6) is 5.75 Å². The van der Waals surface area contributed by atoms with Crippen molar-refractivity contribution in [2.45, 2.75) is 32.3 Å². The zero-order chi connectivity index (χ0) is 18.4. The molecule has 1 aliphatic rings. The Bertz CT molecular complexity index is 663. The summed E-state index contributed by atoms with van der Waals surface area (Å²) in [5.41, 5.74) is 2.59. The maximum atomic E-state index is 6.47. The van der Waals surface area contributed by atoms with Gasteiger partial charge in [-0.1, -0.05) is 56.3 Å². The molecular weight excluding hydrogens is 320 g/mol. The number of ether oxygens (including phenoxy) is 1. The van der Waals surface area contributed by atoms with Gasteiger partial charge >= 0.3 is 0 Å².